The quantitative estimate of drug-likeness (QED) is 0.353. The maximum absolute atomic E-state index is 12.7. The summed E-state index contributed by atoms with van der Waals surface area (Å²) < 4.78 is 0. The summed E-state index contributed by atoms with van der Waals surface area (Å²) in [6.45, 7) is 0. The molecular weight excluding hydrogens is 412 g/mol. The number of carboxylic acids is 2. The van der Waals surface area contributed by atoms with Crippen LogP contribution in [0.4, 0.5) is 0 Å². The average Bonchev–Trinajstić information content (AvgIpc) is 2.85. The molecule has 4 aromatic rings. The molecule has 0 unspecified atom stereocenters. The number of benzene rings is 4. The van der Waals surface area contributed by atoms with Gasteiger partial charge in [0.1, 0.15) is 0 Å². The van der Waals surface area contributed by atoms with Crippen LogP contribution in [-0.2, 0) is 15.0 Å². The zero-order chi connectivity index (χ0) is 23.3. The molecule has 0 saturated heterocycles. The van der Waals surface area contributed by atoms with Crippen LogP contribution in [0.5, 0.6) is 0 Å². The summed E-state index contributed by atoms with van der Waals surface area (Å²) in [4.78, 5) is 25.4. The van der Waals surface area contributed by atoms with Gasteiger partial charge in [-0.2, -0.15) is 0 Å². The fourth-order valence-corrected chi connectivity index (χ4v) is 4.93. The molecule has 33 heavy (non-hydrogen) atoms. The molecule has 0 atom stereocenters. The largest absolute Gasteiger partial charge is 0.481 e. The van der Waals surface area contributed by atoms with Gasteiger partial charge in [0.25, 0.3) is 0 Å². The van der Waals surface area contributed by atoms with Crippen molar-refractivity contribution in [2.75, 3.05) is 0 Å². The molecule has 4 heteroatoms. The SMILES string of the molecule is O=C(O)C(C(=O)O)C(c1ccccc1)(c1ccccc1)C(c1ccccc1)c1ccccc1. The minimum atomic E-state index is -1.74. The lowest BCUT2D eigenvalue weighted by atomic mass is 9.55. The van der Waals surface area contributed by atoms with Crippen molar-refractivity contribution in [1.29, 1.82) is 0 Å². The molecule has 164 valence electrons. The topological polar surface area (TPSA) is 74.6 Å². The molecule has 0 saturated carbocycles. The highest BCUT2D eigenvalue weighted by atomic mass is 16.4. The fraction of sp³-hybridized carbons (Fsp3) is 0.103. The van der Waals surface area contributed by atoms with Crippen molar-refractivity contribution in [3.8, 4) is 0 Å². The molecule has 0 aliphatic rings. The van der Waals surface area contributed by atoms with Crippen molar-refractivity contribution in [3.05, 3.63) is 144 Å². The molecule has 0 radical (unpaired) electrons. The second-order valence-corrected chi connectivity index (χ2v) is 7.96. The number of rotatable bonds is 8. The van der Waals surface area contributed by atoms with E-state index in [9.17, 15) is 19.8 Å². The number of hydrogen-bond acceptors (Lipinski definition) is 2. The van der Waals surface area contributed by atoms with Gasteiger partial charge in [-0.15, -0.1) is 0 Å². The van der Waals surface area contributed by atoms with E-state index in [2.05, 4.69) is 0 Å². The van der Waals surface area contributed by atoms with Gasteiger partial charge in [0.05, 0.1) is 5.41 Å². The molecule has 0 amide bonds. The molecule has 0 heterocycles. The van der Waals surface area contributed by atoms with E-state index >= 15 is 0 Å². The van der Waals surface area contributed by atoms with Gasteiger partial charge in [-0.1, -0.05) is 121 Å². The van der Waals surface area contributed by atoms with Crippen LogP contribution >= 0.6 is 0 Å². The highest BCUT2D eigenvalue weighted by molar-refractivity contribution is 5.96. The van der Waals surface area contributed by atoms with Crippen LogP contribution < -0.4 is 0 Å². The van der Waals surface area contributed by atoms with Crippen molar-refractivity contribution < 1.29 is 19.8 Å². The minimum absolute atomic E-state index is 0.582. The minimum Gasteiger partial charge on any atom is -0.481 e. The van der Waals surface area contributed by atoms with Crippen molar-refractivity contribution in [2.24, 2.45) is 5.92 Å². The van der Waals surface area contributed by atoms with Crippen LogP contribution in [-0.4, -0.2) is 22.2 Å². The normalized spacial score (nSPS) is 11.5. The Balaban J connectivity index is 2.21. The summed E-state index contributed by atoms with van der Waals surface area (Å²) in [7, 11) is 0. The van der Waals surface area contributed by atoms with E-state index in [-0.39, 0.29) is 0 Å². The molecule has 0 bridgehead atoms. The standard InChI is InChI=1S/C29H24O4/c30-27(31)26(28(32)33)29(23-17-9-3-10-18-23,24-19-11-4-12-20-24)25(21-13-5-1-6-14-21)22-15-7-2-8-16-22/h1-20,25-26H,(H,30,31)(H,32,33). The van der Waals surface area contributed by atoms with E-state index in [1.54, 1.807) is 0 Å². The first-order valence-corrected chi connectivity index (χ1v) is 10.7. The summed E-state index contributed by atoms with van der Waals surface area (Å²) in [6, 6.07) is 37.3. The Morgan fingerprint density at radius 2 is 0.818 bits per heavy atom. The molecule has 4 rings (SSSR count). The van der Waals surface area contributed by atoms with Crippen LogP contribution in [0.2, 0.25) is 0 Å². The second kappa shape index (κ2) is 9.53. The van der Waals surface area contributed by atoms with Gasteiger partial charge in [0.15, 0.2) is 5.92 Å². The van der Waals surface area contributed by atoms with E-state index in [1.165, 1.54) is 0 Å². The third-order valence-electron chi connectivity index (χ3n) is 6.17. The van der Waals surface area contributed by atoms with E-state index in [4.69, 9.17) is 0 Å². The van der Waals surface area contributed by atoms with Gasteiger partial charge < -0.3 is 10.2 Å². The van der Waals surface area contributed by atoms with Crippen LogP contribution in [0.15, 0.2) is 121 Å². The number of aliphatic carboxylic acids is 2. The summed E-state index contributed by atoms with van der Waals surface area (Å²) in [5.41, 5.74) is 1.50. The monoisotopic (exact) mass is 436 g/mol. The molecule has 2 N–H and O–H groups in total. The Morgan fingerprint density at radius 3 is 1.12 bits per heavy atom. The van der Waals surface area contributed by atoms with E-state index in [1.807, 2.05) is 121 Å². The fourth-order valence-electron chi connectivity index (χ4n) is 4.93. The highest BCUT2D eigenvalue weighted by Crippen LogP contribution is 2.53. The second-order valence-electron chi connectivity index (χ2n) is 7.96. The van der Waals surface area contributed by atoms with Gasteiger partial charge in [0, 0.05) is 5.92 Å². The Kier molecular flexibility index (Phi) is 6.36. The van der Waals surface area contributed by atoms with E-state index in [0.717, 1.165) is 11.1 Å². The first kappa shape index (κ1) is 22.0. The molecule has 4 nitrogen and oxygen atoms in total. The van der Waals surface area contributed by atoms with E-state index < -0.39 is 29.2 Å². The zero-order valence-electron chi connectivity index (χ0n) is 17.9. The van der Waals surface area contributed by atoms with Crippen molar-refractivity contribution in [1.82, 2.24) is 0 Å². The lowest BCUT2D eigenvalue weighted by Gasteiger charge is -2.45. The van der Waals surface area contributed by atoms with Crippen LogP contribution in [0, 0.1) is 5.92 Å². The number of hydrogen-bond donors (Lipinski definition) is 2. The first-order chi connectivity index (χ1) is 16.1. The van der Waals surface area contributed by atoms with Crippen molar-refractivity contribution in [3.63, 3.8) is 0 Å². The maximum atomic E-state index is 12.7. The van der Waals surface area contributed by atoms with Gasteiger partial charge in [0.2, 0.25) is 0 Å². The van der Waals surface area contributed by atoms with Crippen molar-refractivity contribution >= 4 is 11.9 Å². The van der Waals surface area contributed by atoms with Gasteiger partial charge in [-0.25, -0.2) is 0 Å². The number of carboxylic acid groups (broad SMARTS) is 2. The van der Waals surface area contributed by atoms with Crippen LogP contribution in [0.1, 0.15) is 28.2 Å². The predicted octanol–water partition coefficient (Wildman–Crippen LogP) is 5.59. The third kappa shape index (κ3) is 4.03. The van der Waals surface area contributed by atoms with E-state index in [0.29, 0.717) is 11.1 Å². The van der Waals surface area contributed by atoms with Crippen LogP contribution in [0.3, 0.4) is 0 Å². The summed E-state index contributed by atoms with van der Waals surface area (Å²) >= 11 is 0. The molecule has 0 aliphatic heterocycles. The Bertz CT molecular complexity index is 1110. The van der Waals surface area contributed by atoms with Crippen molar-refractivity contribution in [2.45, 2.75) is 11.3 Å². The Morgan fingerprint density at radius 1 is 0.515 bits per heavy atom. The average molecular weight is 437 g/mol. The summed E-state index contributed by atoms with van der Waals surface area (Å²) in [5.74, 6) is -5.09. The third-order valence-corrected chi connectivity index (χ3v) is 6.17. The zero-order valence-corrected chi connectivity index (χ0v) is 17.9. The molecule has 4 aromatic carbocycles. The Hall–Kier alpha value is -4.18. The predicted molar refractivity (Wildman–Crippen MR) is 127 cm³/mol. The van der Waals surface area contributed by atoms with Gasteiger partial charge in [-0.3, -0.25) is 9.59 Å². The maximum Gasteiger partial charge on any atom is 0.319 e. The summed E-state index contributed by atoms with van der Waals surface area (Å²) in [6.07, 6.45) is 0. The molecular formula is C29H24O4. The number of carbonyl (C=O) groups is 2. The van der Waals surface area contributed by atoms with Gasteiger partial charge >= 0.3 is 11.9 Å². The lowest BCUT2D eigenvalue weighted by Crippen LogP contribution is -2.50. The van der Waals surface area contributed by atoms with Crippen LogP contribution in [0.25, 0.3) is 0 Å². The first-order valence-electron chi connectivity index (χ1n) is 10.7. The van der Waals surface area contributed by atoms with Gasteiger partial charge in [-0.05, 0) is 22.3 Å². The molecule has 0 spiro atoms. The molecule has 0 aliphatic carbocycles. The lowest BCUT2D eigenvalue weighted by molar-refractivity contribution is -0.157. The molecule has 0 aromatic heterocycles. The molecule has 0 fully saturated rings. The summed E-state index contributed by atoms with van der Waals surface area (Å²) in [5, 5.41) is 20.7. The smallest absolute Gasteiger partial charge is 0.319 e. The highest BCUT2D eigenvalue weighted by Gasteiger charge is 2.56. The Labute approximate surface area is 192 Å².